The number of rotatable bonds is 7. The van der Waals surface area contributed by atoms with Gasteiger partial charge in [0.15, 0.2) is 5.82 Å². The molecule has 1 heterocycles. The number of benzene rings is 1. The quantitative estimate of drug-likeness (QED) is 0.736. The average molecular weight is 419 g/mol. The molecule has 12 heteroatoms. The fraction of sp³-hybridized carbons (Fsp3) is 0.500. The van der Waals surface area contributed by atoms with E-state index in [2.05, 4.69) is 9.82 Å². The van der Waals surface area contributed by atoms with Crippen LogP contribution in [0, 0.1) is 0 Å². The number of nitrogens with zero attached hydrogens (tertiary/aromatic N) is 4. The van der Waals surface area contributed by atoms with E-state index in [0.29, 0.717) is 0 Å². The van der Waals surface area contributed by atoms with Crippen LogP contribution in [0.25, 0.3) is 11.4 Å². The van der Waals surface area contributed by atoms with Gasteiger partial charge in [-0.1, -0.05) is 12.1 Å². The van der Waals surface area contributed by atoms with Gasteiger partial charge in [-0.2, -0.15) is 25.9 Å². The molecule has 1 aliphatic carbocycles. The van der Waals surface area contributed by atoms with E-state index in [1.54, 1.807) is 0 Å². The first-order valence-corrected chi connectivity index (χ1v) is 9.99. The van der Waals surface area contributed by atoms with Crippen molar-refractivity contribution in [3.63, 3.8) is 0 Å². The molecule has 28 heavy (non-hydrogen) atoms. The summed E-state index contributed by atoms with van der Waals surface area (Å²) < 4.78 is 68.3. The van der Waals surface area contributed by atoms with Crippen LogP contribution in [0.15, 0.2) is 29.1 Å². The standard InChI is InChI=1S/C16H20F3N5O3S/c1-22(2)28(26,27)20-8-9-23-15(25)24(13-6-7-13)14(21-23)11-4-3-5-12(10-11)16(17,18)19/h3-5,10,13,20H,6-9H2,1-2H3. The van der Waals surface area contributed by atoms with Crippen molar-refractivity contribution in [2.75, 3.05) is 20.6 Å². The van der Waals surface area contributed by atoms with Crippen molar-refractivity contribution in [1.29, 1.82) is 0 Å². The molecule has 0 unspecified atom stereocenters. The van der Waals surface area contributed by atoms with Gasteiger partial charge in [-0.25, -0.2) is 14.2 Å². The Hall–Kier alpha value is -2.18. The van der Waals surface area contributed by atoms with Crippen LogP contribution >= 0.6 is 0 Å². The summed E-state index contributed by atoms with van der Waals surface area (Å²) in [6, 6.07) is 4.54. The molecule has 1 aliphatic rings. The predicted octanol–water partition coefficient (Wildman–Crippen LogP) is 1.46. The molecular weight excluding hydrogens is 399 g/mol. The molecule has 1 saturated carbocycles. The Kier molecular flexibility index (Phi) is 5.38. The minimum absolute atomic E-state index is 0.0441. The SMILES string of the molecule is CN(C)S(=O)(=O)NCCn1nc(-c2cccc(C(F)(F)F)c2)n(C2CC2)c1=O. The van der Waals surface area contributed by atoms with E-state index in [4.69, 9.17) is 0 Å². The maximum atomic E-state index is 13.0. The largest absolute Gasteiger partial charge is 0.416 e. The van der Waals surface area contributed by atoms with E-state index in [1.165, 1.54) is 30.8 Å². The maximum Gasteiger partial charge on any atom is 0.416 e. The highest BCUT2D eigenvalue weighted by Gasteiger charge is 2.33. The number of halogens is 3. The van der Waals surface area contributed by atoms with Gasteiger partial charge in [0.25, 0.3) is 10.2 Å². The van der Waals surface area contributed by atoms with Gasteiger partial charge in [0.2, 0.25) is 0 Å². The minimum atomic E-state index is -4.51. The first-order valence-electron chi connectivity index (χ1n) is 8.55. The molecule has 2 aromatic rings. The highest BCUT2D eigenvalue weighted by molar-refractivity contribution is 7.87. The molecule has 0 aliphatic heterocycles. The molecule has 0 saturated heterocycles. The van der Waals surface area contributed by atoms with E-state index in [9.17, 15) is 26.4 Å². The van der Waals surface area contributed by atoms with Gasteiger partial charge < -0.3 is 0 Å². The number of aromatic nitrogens is 3. The second-order valence-corrected chi connectivity index (χ2v) is 8.66. The topological polar surface area (TPSA) is 89.2 Å². The summed E-state index contributed by atoms with van der Waals surface area (Å²) in [7, 11) is -0.928. The zero-order valence-electron chi connectivity index (χ0n) is 15.3. The normalized spacial score (nSPS) is 15.4. The van der Waals surface area contributed by atoms with Crippen LogP contribution < -0.4 is 10.4 Å². The highest BCUT2D eigenvalue weighted by Crippen LogP contribution is 2.37. The van der Waals surface area contributed by atoms with Crippen molar-refractivity contribution < 1.29 is 21.6 Å². The molecule has 1 fully saturated rings. The number of alkyl halides is 3. The summed E-state index contributed by atoms with van der Waals surface area (Å²) in [5.41, 5.74) is -1.11. The third-order valence-corrected chi connectivity index (χ3v) is 5.85. The average Bonchev–Trinajstić information content (AvgIpc) is 3.39. The Morgan fingerprint density at radius 2 is 1.96 bits per heavy atom. The zero-order chi connectivity index (χ0) is 20.7. The monoisotopic (exact) mass is 419 g/mol. The summed E-state index contributed by atoms with van der Waals surface area (Å²) in [5.74, 6) is 0.147. The van der Waals surface area contributed by atoms with Gasteiger partial charge in [-0.3, -0.25) is 4.57 Å². The van der Waals surface area contributed by atoms with E-state index in [1.807, 2.05) is 0 Å². The molecule has 154 valence electrons. The molecule has 3 rings (SSSR count). The van der Waals surface area contributed by atoms with E-state index >= 15 is 0 Å². The summed E-state index contributed by atoms with van der Waals surface area (Å²) in [6.45, 7) is -0.123. The number of hydrogen-bond acceptors (Lipinski definition) is 4. The molecular formula is C16H20F3N5O3S. The lowest BCUT2D eigenvalue weighted by atomic mass is 10.1. The Morgan fingerprint density at radius 3 is 2.54 bits per heavy atom. The van der Waals surface area contributed by atoms with E-state index in [0.717, 1.165) is 34.0 Å². The predicted molar refractivity (Wildman–Crippen MR) is 95.8 cm³/mol. The smallest absolute Gasteiger partial charge is 0.272 e. The number of hydrogen-bond donors (Lipinski definition) is 1. The van der Waals surface area contributed by atoms with Crippen molar-refractivity contribution in [1.82, 2.24) is 23.4 Å². The van der Waals surface area contributed by atoms with Crippen molar-refractivity contribution in [2.45, 2.75) is 31.6 Å². The van der Waals surface area contributed by atoms with Gasteiger partial charge >= 0.3 is 11.9 Å². The lowest BCUT2D eigenvalue weighted by Crippen LogP contribution is -2.38. The maximum absolute atomic E-state index is 13.0. The zero-order valence-corrected chi connectivity index (χ0v) is 16.1. The highest BCUT2D eigenvalue weighted by atomic mass is 32.2. The molecule has 1 aromatic carbocycles. The third-order valence-electron chi connectivity index (χ3n) is 4.32. The Balaban J connectivity index is 1.91. The van der Waals surface area contributed by atoms with Crippen molar-refractivity contribution in [2.24, 2.45) is 0 Å². The van der Waals surface area contributed by atoms with Crippen LogP contribution in [0.4, 0.5) is 13.2 Å². The van der Waals surface area contributed by atoms with E-state index in [-0.39, 0.29) is 30.5 Å². The van der Waals surface area contributed by atoms with Gasteiger partial charge in [0, 0.05) is 32.2 Å². The van der Waals surface area contributed by atoms with Crippen LogP contribution in [0.3, 0.4) is 0 Å². The van der Waals surface area contributed by atoms with Gasteiger partial charge in [-0.15, -0.1) is 5.10 Å². The first-order chi connectivity index (χ1) is 13.0. The Bertz CT molecular complexity index is 1020. The molecule has 1 N–H and O–H groups in total. The summed E-state index contributed by atoms with van der Waals surface area (Å²) in [6.07, 6.45) is -3.02. The van der Waals surface area contributed by atoms with Crippen molar-refractivity contribution >= 4 is 10.2 Å². The second-order valence-electron chi connectivity index (χ2n) is 6.69. The fourth-order valence-electron chi connectivity index (χ4n) is 2.67. The Labute approximate surface area is 159 Å². The molecule has 1 aromatic heterocycles. The molecule has 8 nitrogen and oxygen atoms in total. The van der Waals surface area contributed by atoms with Crippen LogP contribution in [0.2, 0.25) is 0 Å². The lowest BCUT2D eigenvalue weighted by molar-refractivity contribution is -0.137. The molecule has 0 radical (unpaired) electrons. The van der Waals surface area contributed by atoms with Crippen LogP contribution in [0.5, 0.6) is 0 Å². The van der Waals surface area contributed by atoms with Gasteiger partial charge in [0.1, 0.15) is 0 Å². The van der Waals surface area contributed by atoms with Crippen LogP contribution in [-0.2, 0) is 22.9 Å². The van der Waals surface area contributed by atoms with Crippen LogP contribution in [-0.4, -0.2) is 47.7 Å². The molecule has 0 amide bonds. The first kappa shape index (κ1) is 20.6. The van der Waals surface area contributed by atoms with Crippen molar-refractivity contribution in [3.8, 4) is 11.4 Å². The van der Waals surface area contributed by atoms with Crippen LogP contribution in [0.1, 0.15) is 24.4 Å². The summed E-state index contributed by atoms with van der Waals surface area (Å²) in [5, 5.41) is 4.18. The molecule has 0 spiro atoms. The molecule has 0 bridgehead atoms. The second kappa shape index (κ2) is 7.33. The molecule has 0 atom stereocenters. The third kappa shape index (κ3) is 4.28. The summed E-state index contributed by atoms with van der Waals surface area (Å²) in [4.78, 5) is 12.7. The van der Waals surface area contributed by atoms with Crippen molar-refractivity contribution in [3.05, 3.63) is 40.3 Å². The summed E-state index contributed by atoms with van der Waals surface area (Å²) >= 11 is 0. The van der Waals surface area contributed by atoms with Gasteiger partial charge in [-0.05, 0) is 25.0 Å². The number of nitrogens with one attached hydrogen (secondary N) is 1. The van der Waals surface area contributed by atoms with E-state index < -0.39 is 27.6 Å². The lowest BCUT2D eigenvalue weighted by Gasteiger charge is -2.11. The van der Waals surface area contributed by atoms with Gasteiger partial charge in [0.05, 0.1) is 12.1 Å². The Morgan fingerprint density at radius 1 is 1.29 bits per heavy atom. The fourth-order valence-corrected chi connectivity index (χ4v) is 3.28. The minimum Gasteiger partial charge on any atom is -0.272 e.